The van der Waals surface area contributed by atoms with Crippen molar-refractivity contribution in [3.05, 3.63) is 95.6 Å². The van der Waals surface area contributed by atoms with Crippen molar-refractivity contribution in [1.29, 1.82) is 0 Å². The predicted octanol–water partition coefficient (Wildman–Crippen LogP) is 5.32. The van der Waals surface area contributed by atoms with Crippen molar-refractivity contribution in [2.45, 2.75) is 63.1 Å². The van der Waals surface area contributed by atoms with Gasteiger partial charge in [0.25, 0.3) is 0 Å². The van der Waals surface area contributed by atoms with Crippen LogP contribution in [0.4, 0.5) is 4.79 Å². The Labute approximate surface area is 247 Å². The molecule has 8 nitrogen and oxygen atoms in total. The first-order valence-electron chi connectivity index (χ1n) is 14.8. The zero-order chi connectivity index (χ0) is 29.5. The third kappa shape index (κ3) is 6.65. The molecule has 0 radical (unpaired) electrons. The maximum atomic E-state index is 13.8. The zero-order valence-corrected chi connectivity index (χ0v) is 24.1. The maximum absolute atomic E-state index is 13.8. The molecule has 42 heavy (non-hydrogen) atoms. The second kappa shape index (κ2) is 13.2. The highest BCUT2D eigenvalue weighted by atomic mass is 16.5. The highest BCUT2D eigenvalue weighted by Gasteiger charge is 2.47. The average Bonchev–Trinajstić information content (AvgIpc) is 3.54. The molecular weight excluding hydrogens is 530 g/mol. The molecule has 220 valence electrons. The minimum atomic E-state index is -1.24. The van der Waals surface area contributed by atoms with Crippen molar-refractivity contribution in [3.8, 4) is 11.1 Å². The number of nitrogens with one attached hydrogen (secondary N) is 2. The smallest absolute Gasteiger partial charge is 0.408 e. The minimum Gasteiger partial charge on any atom is -0.481 e. The first-order chi connectivity index (χ1) is 20.4. The molecule has 0 spiro atoms. The normalized spacial score (nSPS) is 18.6. The summed E-state index contributed by atoms with van der Waals surface area (Å²) in [6, 6.07) is 25.8. The molecule has 3 aromatic rings. The number of aliphatic carboxylic acids is 1. The number of nitrogens with zero attached hydrogens (tertiary/aromatic N) is 1. The first kappa shape index (κ1) is 29.3. The van der Waals surface area contributed by atoms with E-state index in [1.807, 2.05) is 61.5 Å². The van der Waals surface area contributed by atoms with Crippen LogP contribution in [-0.4, -0.2) is 59.3 Å². The van der Waals surface area contributed by atoms with E-state index in [1.165, 1.54) is 0 Å². The van der Waals surface area contributed by atoms with E-state index in [1.54, 1.807) is 0 Å². The number of carbonyl (C=O) groups is 3. The molecule has 1 saturated heterocycles. The van der Waals surface area contributed by atoms with Gasteiger partial charge in [0.2, 0.25) is 5.91 Å². The zero-order valence-electron chi connectivity index (χ0n) is 24.1. The quantitative estimate of drug-likeness (QED) is 0.273. The van der Waals surface area contributed by atoms with Gasteiger partial charge >= 0.3 is 12.1 Å². The summed E-state index contributed by atoms with van der Waals surface area (Å²) >= 11 is 0. The molecule has 2 atom stereocenters. The number of unbranched alkanes of at least 4 members (excludes halogenated alkanes) is 1. The number of ether oxygens (including phenoxy) is 1. The number of hydrogen-bond acceptors (Lipinski definition) is 5. The van der Waals surface area contributed by atoms with Gasteiger partial charge < -0.3 is 20.5 Å². The Bertz CT molecular complexity index is 1370. The molecule has 0 bridgehead atoms. The van der Waals surface area contributed by atoms with Crippen LogP contribution in [-0.2, 0) is 20.9 Å². The number of benzene rings is 3. The average molecular weight is 570 g/mol. The Hall–Kier alpha value is -4.17. The fourth-order valence-corrected chi connectivity index (χ4v) is 6.25. The molecule has 2 aliphatic rings. The summed E-state index contributed by atoms with van der Waals surface area (Å²) in [4.78, 5) is 40.9. The van der Waals surface area contributed by atoms with Gasteiger partial charge in [-0.05, 0) is 40.7 Å². The fraction of sp³-hybridized carbons (Fsp3) is 0.382. The van der Waals surface area contributed by atoms with Crippen molar-refractivity contribution in [2.75, 3.05) is 19.7 Å². The van der Waals surface area contributed by atoms with Crippen LogP contribution in [0.25, 0.3) is 11.1 Å². The molecule has 3 aromatic carbocycles. The van der Waals surface area contributed by atoms with E-state index in [4.69, 9.17) is 4.74 Å². The van der Waals surface area contributed by atoms with Crippen LogP contribution in [0.3, 0.4) is 0 Å². The molecule has 0 saturated carbocycles. The molecule has 1 aliphatic carbocycles. The van der Waals surface area contributed by atoms with Crippen LogP contribution in [0.15, 0.2) is 78.9 Å². The van der Waals surface area contributed by atoms with E-state index in [9.17, 15) is 19.5 Å². The van der Waals surface area contributed by atoms with Crippen LogP contribution in [0, 0.1) is 0 Å². The first-order valence-corrected chi connectivity index (χ1v) is 14.8. The van der Waals surface area contributed by atoms with Gasteiger partial charge in [0.05, 0.1) is 6.42 Å². The lowest BCUT2D eigenvalue weighted by Gasteiger charge is -2.31. The third-order valence-electron chi connectivity index (χ3n) is 8.38. The van der Waals surface area contributed by atoms with E-state index in [2.05, 4.69) is 39.8 Å². The summed E-state index contributed by atoms with van der Waals surface area (Å²) in [7, 11) is 0. The lowest BCUT2D eigenvalue weighted by atomic mass is 9.95. The number of carboxylic acids is 1. The summed E-state index contributed by atoms with van der Waals surface area (Å²) in [6.07, 6.45) is 1.81. The standard InChI is InChI=1S/C34H39N3O5/c1-2-3-13-25(20-31(38)39)35-32(40)34(18-19-37(23-34)21-24-11-5-4-6-12-24)36-33(41)42-22-30-28-16-9-7-14-26(28)27-15-8-10-17-29(27)30/h4-12,14-17,25,30H,2-3,13,18-23H2,1H3,(H,35,40)(H,36,41)(H,38,39)/t25-,34?/m0/s1. The summed E-state index contributed by atoms with van der Waals surface area (Å²) < 4.78 is 5.82. The number of carbonyl (C=O) groups excluding carboxylic acids is 2. The van der Waals surface area contributed by atoms with E-state index in [0.717, 1.165) is 40.7 Å². The van der Waals surface area contributed by atoms with Gasteiger partial charge in [0.1, 0.15) is 12.1 Å². The maximum Gasteiger partial charge on any atom is 0.408 e. The molecule has 3 N–H and O–H groups in total. The molecular formula is C34H39N3O5. The van der Waals surface area contributed by atoms with Crippen LogP contribution in [0.1, 0.15) is 61.6 Å². The van der Waals surface area contributed by atoms with Gasteiger partial charge in [-0.1, -0.05) is 98.6 Å². The van der Waals surface area contributed by atoms with Crippen LogP contribution in [0.2, 0.25) is 0 Å². The van der Waals surface area contributed by atoms with Gasteiger partial charge in [0.15, 0.2) is 0 Å². The summed E-state index contributed by atoms with van der Waals surface area (Å²) in [5.41, 5.74) is 4.38. The summed E-state index contributed by atoms with van der Waals surface area (Å²) in [5.74, 6) is -1.43. The number of alkyl carbamates (subject to hydrolysis) is 1. The van der Waals surface area contributed by atoms with Gasteiger partial charge in [0, 0.05) is 31.6 Å². The molecule has 1 unspecified atom stereocenters. The summed E-state index contributed by atoms with van der Waals surface area (Å²) in [6.45, 7) is 3.70. The number of fused-ring (bicyclic) bond motifs is 3. The van der Waals surface area contributed by atoms with Crippen molar-refractivity contribution in [1.82, 2.24) is 15.5 Å². The van der Waals surface area contributed by atoms with E-state index in [-0.39, 0.29) is 24.9 Å². The van der Waals surface area contributed by atoms with Crippen LogP contribution >= 0.6 is 0 Å². The lowest BCUT2D eigenvalue weighted by Crippen LogP contribution is -2.62. The van der Waals surface area contributed by atoms with Crippen molar-refractivity contribution < 1.29 is 24.2 Å². The number of carboxylic acid groups (broad SMARTS) is 1. The molecule has 5 rings (SSSR count). The van der Waals surface area contributed by atoms with E-state index >= 15 is 0 Å². The predicted molar refractivity (Wildman–Crippen MR) is 161 cm³/mol. The Morgan fingerprint density at radius 2 is 1.62 bits per heavy atom. The molecule has 1 heterocycles. The minimum absolute atomic E-state index is 0.0972. The second-order valence-electron chi connectivity index (χ2n) is 11.4. The lowest BCUT2D eigenvalue weighted by molar-refractivity contribution is -0.138. The molecule has 2 amide bonds. The van der Waals surface area contributed by atoms with Crippen LogP contribution < -0.4 is 10.6 Å². The Balaban J connectivity index is 1.31. The molecule has 1 fully saturated rings. The second-order valence-corrected chi connectivity index (χ2v) is 11.4. The Kier molecular flexibility index (Phi) is 9.22. The molecule has 0 aromatic heterocycles. The number of hydrogen-bond donors (Lipinski definition) is 3. The highest BCUT2D eigenvalue weighted by molar-refractivity contribution is 5.91. The molecule has 8 heteroatoms. The third-order valence-corrected chi connectivity index (χ3v) is 8.38. The monoisotopic (exact) mass is 569 g/mol. The van der Waals surface area contributed by atoms with Gasteiger partial charge in [-0.15, -0.1) is 0 Å². The fourth-order valence-electron chi connectivity index (χ4n) is 6.25. The van der Waals surface area contributed by atoms with Gasteiger partial charge in [-0.3, -0.25) is 14.5 Å². The van der Waals surface area contributed by atoms with Crippen molar-refractivity contribution in [2.24, 2.45) is 0 Å². The van der Waals surface area contributed by atoms with Crippen LogP contribution in [0.5, 0.6) is 0 Å². The van der Waals surface area contributed by atoms with Crippen molar-refractivity contribution in [3.63, 3.8) is 0 Å². The Morgan fingerprint density at radius 3 is 2.26 bits per heavy atom. The van der Waals surface area contributed by atoms with Gasteiger partial charge in [-0.25, -0.2) is 4.79 Å². The number of likely N-dealkylation sites (tertiary alicyclic amines) is 1. The van der Waals surface area contributed by atoms with E-state index in [0.29, 0.717) is 32.5 Å². The SMILES string of the molecule is CCCC[C@@H](CC(=O)O)NC(=O)C1(NC(=O)OCC2c3ccccc3-c3ccccc32)CCN(Cc2ccccc2)C1. The Morgan fingerprint density at radius 1 is 0.976 bits per heavy atom. The van der Waals surface area contributed by atoms with Gasteiger partial charge in [-0.2, -0.15) is 0 Å². The largest absolute Gasteiger partial charge is 0.481 e. The van der Waals surface area contributed by atoms with Crippen molar-refractivity contribution >= 4 is 18.0 Å². The highest BCUT2D eigenvalue weighted by Crippen LogP contribution is 2.44. The topological polar surface area (TPSA) is 108 Å². The molecule has 1 aliphatic heterocycles. The summed E-state index contributed by atoms with van der Waals surface area (Å²) in [5, 5.41) is 15.3. The van der Waals surface area contributed by atoms with E-state index < -0.39 is 23.6 Å². The number of amides is 2. The number of rotatable bonds is 12.